The van der Waals surface area contributed by atoms with Gasteiger partial charge in [-0.15, -0.1) is 0 Å². The Balaban J connectivity index is 1.81. The lowest BCUT2D eigenvalue weighted by molar-refractivity contribution is -0.0275. The summed E-state index contributed by atoms with van der Waals surface area (Å²) in [5.74, 6) is 0. The predicted octanol–water partition coefficient (Wildman–Crippen LogP) is 0.743. The van der Waals surface area contributed by atoms with Crippen molar-refractivity contribution in [2.45, 2.75) is 50.2 Å². The topological polar surface area (TPSA) is 94.7 Å². The van der Waals surface area contributed by atoms with E-state index in [0.29, 0.717) is 23.9 Å². The van der Waals surface area contributed by atoms with Gasteiger partial charge in [-0.3, -0.25) is 14.5 Å². The lowest BCUT2D eigenvalue weighted by Gasteiger charge is -2.34. The molecule has 9 heteroatoms. The minimum atomic E-state index is -0.988. The molecule has 2 aliphatic rings. The highest BCUT2D eigenvalue weighted by molar-refractivity contribution is 6.34. The number of hydrogen-bond acceptors (Lipinski definition) is 6. The molecule has 154 valence electrons. The van der Waals surface area contributed by atoms with E-state index in [2.05, 4.69) is 15.5 Å². The van der Waals surface area contributed by atoms with Crippen molar-refractivity contribution in [3.05, 3.63) is 27.6 Å². The summed E-state index contributed by atoms with van der Waals surface area (Å²) >= 11 is 6.60. The van der Waals surface area contributed by atoms with E-state index in [9.17, 15) is 15.0 Å². The number of halogens is 1. The van der Waals surface area contributed by atoms with Gasteiger partial charge in [0.15, 0.2) is 0 Å². The van der Waals surface area contributed by atoms with Crippen molar-refractivity contribution in [3.63, 3.8) is 0 Å². The molecule has 1 aromatic carbocycles. The van der Waals surface area contributed by atoms with Crippen molar-refractivity contribution in [1.29, 1.82) is 0 Å². The van der Waals surface area contributed by atoms with Gasteiger partial charge in [-0.05, 0) is 44.9 Å². The van der Waals surface area contributed by atoms with Crippen molar-refractivity contribution < 1.29 is 10.2 Å². The highest BCUT2D eigenvalue weighted by atomic mass is 35.5. The molecule has 0 amide bonds. The van der Waals surface area contributed by atoms with E-state index in [0.717, 1.165) is 42.7 Å². The molecule has 2 saturated heterocycles. The molecular weight excluding hydrogens is 382 g/mol. The Morgan fingerprint density at radius 2 is 1.89 bits per heavy atom. The molecule has 0 aliphatic carbocycles. The van der Waals surface area contributed by atoms with Crippen LogP contribution in [0.15, 0.2) is 16.9 Å². The number of aliphatic hydroxyl groups excluding tert-OH is 2. The van der Waals surface area contributed by atoms with E-state index in [1.165, 1.54) is 0 Å². The van der Waals surface area contributed by atoms with Gasteiger partial charge in [0.25, 0.3) is 0 Å². The Morgan fingerprint density at radius 1 is 1.18 bits per heavy atom. The minimum absolute atomic E-state index is 0.189. The first-order valence-electron chi connectivity index (χ1n) is 9.86. The molecule has 2 fully saturated rings. The number of nitrogens with zero attached hydrogens (tertiary/aromatic N) is 3. The first kappa shape index (κ1) is 19.7. The molecule has 4 rings (SSSR count). The number of benzene rings is 1. The number of piperidine rings is 2. The summed E-state index contributed by atoms with van der Waals surface area (Å²) in [6.07, 6.45) is 1.28. The molecule has 2 aromatic rings. The highest BCUT2D eigenvalue weighted by Gasteiger charge is 2.33. The summed E-state index contributed by atoms with van der Waals surface area (Å²) in [5.41, 5.74) is 2.24. The molecule has 2 aliphatic heterocycles. The summed E-state index contributed by atoms with van der Waals surface area (Å²) in [6.45, 7) is 1.73. The molecule has 1 aromatic heterocycles. The third-order valence-corrected chi connectivity index (χ3v) is 6.49. The third kappa shape index (κ3) is 3.23. The number of fused-ring (bicyclic) bond motifs is 1. The van der Waals surface area contributed by atoms with Gasteiger partial charge in [0.1, 0.15) is 12.5 Å². The number of nitrogens with one attached hydrogen (secondary N) is 2. The van der Waals surface area contributed by atoms with Gasteiger partial charge in [0.2, 0.25) is 0 Å². The van der Waals surface area contributed by atoms with E-state index in [1.54, 1.807) is 16.2 Å². The van der Waals surface area contributed by atoms with Crippen LogP contribution in [-0.4, -0.2) is 58.0 Å². The number of hydrogen-bond donors (Lipinski definition) is 4. The Hall–Kier alpha value is -1.58. The Morgan fingerprint density at radius 3 is 2.54 bits per heavy atom. The molecule has 0 saturated carbocycles. The average Bonchev–Trinajstić information content (AvgIpc) is 2.93. The molecule has 3 atom stereocenters. The fourth-order valence-electron chi connectivity index (χ4n) is 4.59. The van der Waals surface area contributed by atoms with Crippen LogP contribution >= 0.6 is 11.6 Å². The van der Waals surface area contributed by atoms with Gasteiger partial charge in [0, 0.05) is 26.2 Å². The third-order valence-electron chi connectivity index (χ3n) is 6.18. The zero-order chi connectivity index (χ0) is 20.0. The molecule has 8 nitrogen and oxygen atoms in total. The smallest absolute Gasteiger partial charge is 0.329 e. The minimum Gasteiger partial charge on any atom is -0.379 e. The number of rotatable bonds is 3. The molecular formula is C19H28ClN5O3. The van der Waals surface area contributed by atoms with Gasteiger partial charge >= 0.3 is 5.69 Å². The Kier molecular flexibility index (Phi) is 5.41. The molecule has 3 unspecified atom stereocenters. The highest BCUT2D eigenvalue weighted by Crippen LogP contribution is 2.37. The fourth-order valence-corrected chi connectivity index (χ4v) is 4.86. The standard InChI is InChI=1S/C19H28ClN5O3/c1-21-11-7-9-24(10-8-11)16-12(20)3-4-13-17(16)23(2)19(28)25(13)14-5-6-15(26)22-18(14)27/h3-4,11,14-15,18,21-22,26-27H,5-10H2,1-2H3. The van der Waals surface area contributed by atoms with E-state index >= 15 is 0 Å². The maximum atomic E-state index is 13.1. The number of aryl methyl sites for hydroxylation is 1. The van der Waals surface area contributed by atoms with Crippen molar-refractivity contribution in [1.82, 2.24) is 19.8 Å². The second-order valence-corrected chi connectivity index (χ2v) is 8.20. The van der Waals surface area contributed by atoms with Crippen LogP contribution in [0.5, 0.6) is 0 Å². The van der Waals surface area contributed by atoms with Crippen LogP contribution in [0, 0.1) is 0 Å². The number of aliphatic hydroxyl groups is 2. The number of imidazole rings is 1. The quantitative estimate of drug-likeness (QED) is 0.597. The van der Waals surface area contributed by atoms with Crippen LogP contribution in [0.25, 0.3) is 11.0 Å². The SMILES string of the molecule is CNC1CCN(c2c(Cl)ccc3c2n(C)c(=O)n3C2CCC(O)NC2O)CC1. The Labute approximate surface area is 168 Å². The lowest BCUT2D eigenvalue weighted by Crippen LogP contribution is -2.49. The van der Waals surface area contributed by atoms with Crippen LogP contribution in [0.4, 0.5) is 5.69 Å². The van der Waals surface area contributed by atoms with Gasteiger partial charge in [0.05, 0.1) is 27.8 Å². The summed E-state index contributed by atoms with van der Waals surface area (Å²) in [6, 6.07) is 3.73. The molecule has 0 spiro atoms. The van der Waals surface area contributed by atoms with Gasteiger partial charge in [-0.25, -0.2) is 4.79 Å². The van der Waals surface area contributed by atoms with Crippen molar-refractivity contribution in [2.24, 2.45) is 7.05 Å². The van der Waals surface area contributed by atoms with E-state index in [-0.39, 0.29) is 5.69 Å². The summed E-state index contributed by atoms with van der Waals surface area (Å²) in [5, 5.41) is 26.8. The van der Waals surface area contributed by atoms with Gasteiger partial charge in [-0.2, -0.15) is 0 Å². The summed E-state index contributed by atoms with van der Waals surface area (Å²) in [4.78, 5) is 15.4. The van der Waals surface area contributed by atoms with Crippen molar-refractivity contribution in [2.75, 3.05) is 25.0 Å². The van der Waals surface area contributed by atoms with Crippen molar-refractivity contribution in [3.8, 4) is 0 Å². The lowest BCUT2D eigenvalue weighted by atomic mass is 10.0. The van der Waals surface area contributed by atoms with E-state index < -0.39 is 18.5 Å². The largest absolute Gasteiger partial charge is 0.379 e. The van der Waals surface area contributed by atoms with Crippen LogP contribution in [0.1, 0.15) is 31.7 Å². The summed E-state index contributed by atoms with van der Waals surface area (Å²) < 4.78 is 3.26. The number of aromatic nitrogens is 2. The maximum absolute atomic E-state index is 13.1. The second kappa shape index (κ2) is 7.68. The van der Waals surface area contributed by atoms with Crippen LogP contribution in [-0.2, 0) is 7.05 Å². The zero-order valence-electron chi connectivity index (χ0n) is 16.2. The maximum Gasteiger partial charge on any atom is 0.329 e. The molecule has 0 radical (unpaired) electrons. The molecule has 0 bridgehead atoms. The second-order valence-electron chi connectivity index (χ2n) is 7.80. The normalized spacial score (nSPS) is 26.9. The van der Waals surface area contributed by atoms with Gasteiger partial charge < -0.3 is 20.4 Å². The first-order chi connectivity index (χ1) is 13.4. The molecule has 3 heterocycles. The van der Waals surface area contributed by atoms with E-state index in [4.69, 9.17) is 11.6 Å². The van der Waals surface area contributed by atoms with Crippen LogP contribution in [0.3, 0.4) is 0 Å². The first-order valence-corrected chi connectivity index (χ1v) is 10.2. The molecule has 28 heavy (non-hydrogen) atoms. The zero-order valence-corrected chi connectivity index (χ0v) is 17.0. The fraction of sp³-hybridized carbons (Fsp3) is 0.632. The summed E-state index contributed by atoms with van der Waals surface area (Å²) in [7, 11) is 3.73. The number of anilines is 1. The van der Waals surface area contributed by atoms with Crippen LogP contribution < -0.4 is 21.2 Å². The van der Waals surface area contributed by atoms with Crippen molar-refractivity contribution >= 4 is 28.3 Å². The monoisotopic (exact) mass is 409 g/mol. The van der Waals surface area contributed by atoms with Crippen LogP contribution in [0.2, 0.25) is 5.02 Å². The Bertz CT molecular complexity index is 918. The molecule has 4 N–H and O–H groups in total. The average molecular weight is 410 g/mol. The predicted molar refractivity (Wildman–Crippen MR) is 110 cm³/mol. The van der Waals surface area contributed by atoms with E-state index in [1.807, 2.05) is 19.2 Å². The van der Waals surface area contributed by atoms with Gasteiger partial charge in [-0.1, -0.05) is 11.6 Å².